The zero-order chi connectivity index (χ0) is 18.2. The van der Waals surface area contributed by atoms with Gasteiger partial charge in [0, 0.05) is 6.54 Å². The molecule has 0 saturated heterocycles. The molecule has 0 spiro atoms. The molecule has 0 bridgehead atoms. The minimum Gasteiger partial charge on any atom is -0.497 e. The number of carbonyl (C=O) groups excluding carboxylic acids is 1. The minimum atomic E-state index is 0.00158. The summed E-state index contributed by atoms with van der Waals surface area (Å²) in [5, 5.41) is 15.7. The third-order valence-electron chi connectivity index (χ3n) is 4.61. The topological polar surface area (TPSA) is 81.9 Å². The van der Waals surface area contributed by atoms with Crippen LogP contribution in [0, 0.1) is 0 Å². The third kappa shape index (κ3) is 5.20. The highest BCUT2D eigenvalue weighted by molar-refractivity contribution is 7.99. The van der Waals surface area contributed by atoms with Crippen molar-refractivity contribution in [3.05, 3.63) is 29.8 Å². The summed E-state index contributed by atoms with van der Waals surface area (Å²) >= 11 is 1.40. The second-order valence-corrected chi connectivity index (χ2v) is 7.38. The maximum atomic E-state index is 12.1. The van der Waals surface area contributed by atoms with Gasteiger partial charge in [-0.05, 0) is 47.4 Å². The molecular formula is C18H25N5O2S. The van der Waals surface area contributed by atoms with Gasteiger partial charge < -0.3 is 10.1 Å². The Bertz CT molecular complexity index is 698. The maximum absolute atomic E-state index is 12.1. The van der Waals surface area contributed by atoms with Gasteiger partial charge >= 0.3 is 0 Å². The number of nitrogens with zero attached hydrogens (tertiary/aromatic N) is 4. The number of nitrogens with one attached hydrogen (secondary N) is 1. The summed E-state index contributed by atoms with van der Waals surface area (Å²) in [7, 11) is 1.65. The minimum absolute atomic E-state index is 0.00158. The zero-order valence-electron chi connectivity index (χ0n) is 15.1. The van der Waals surface area contributed by atoms with E-state index in [0.29, 0.717) is 18.3 Å². The number of rotatable bonds is 8. The fourth-order valence-electron chi connectivity index (χ4n) is 3.15. The predicted molar refractivity (Wildman–Crippen MR) is 100 cm³/mol. The number of methoxy groups -OCH3 is 1. The van der Waals surface area contributed by atoms with Crippen molar-refractivity contribution >= 4 is 17.7 Å². The summed E-state index contributed by atoms with van der Waals surface area (Å²) in [5.74, 6) is 1.17. The number of hydrogen-bond donors (Lipinski definition) is 1. The Hall–Kier alpha value is -2.09. The van der Waals surface area contributed by atoms with Gasteiger partial charge in [-0.2, -0.15) is 0 Å². The fourth-order valence-corrected chi connectivity index (χ4v) is 3.93. The predicted octanol–water partition coefficient (Wildman–Crippen LogP) is 2.64. The molecule has 1 aliphatic rings. The van der Waals surface area contributed by atoms with Crippen molar-refractivity contribution in [3.63, 3.8) is 0 Å². The first-order valence-electron chi connectivity index (χ1n) is 9.06. The van der Waals surface area contributed by atoms with Crippen LogP contribution in [0.5, 0.6) is 5.75 Å². The van der Waals surface area contributed by atoms with Crippen molar-refractivity contribution < 1.29 is 9.53 Å². The Kier molecular flexibility index (Phi) is 6.88. The lowest BCUT2D eigenvalue weighted by atomic mass is 9.96. The highest BCUT2D eigenvalue weighted by atomic mass is 32.2. The average Bonchev–Trinajstić information content (AvgIpc) is 3.16. The Balaban J connectivity index is 1.40. The molecule has 0 radical (unpaired) electrons. The summed E-state index contributed by atoms with van der Waals surface area (Å²) in [6.45, 7) is 0.610. The van der Waals surface area contributed by atoms with Crippen LogP contribution >= 0.6 is 11.8 Å². The van der Waals surface area contributed by atoms with Crippen molar-refractivity contribution in [2.45, 2.75) is 49.7 Å². The molecule has 140 valence electrons. The lowest BCUT2D eigenvalue weighted by Crippen LogP contribution is -2.27. The van der Waals surface area contributed by atoms with Crippen LogP contribution in [0.3, 0.4) is 0 Å². The number of benzene rings is 1. The van der Waals surface area contributed by atoms with Gasteiger partial charge in [-0.3, -0.25) is 4.79 Å². The monoisotopic (exact) mass is 375 g/mol. The van der Waals surface area contributed by atoms with Crippen LogP contribution in [0.25, 0.3) is 0 Å². The Morgan fingerprint density at radius 2 is 2.04 bits per heavy atom. The van der Waals surface area contributed by atoms with Crippen molar-refractivity contribution in [2.24, 2.45) is 0 Å². The van der Waals surface area contributed by atoms with Gasteiger partial charge in [0.05, 0.1) is 18.9 Å². The maximum Gasteiger partial charge on any atom is 0.230 e. The van der Waals surface area contributed by atoms with Crippen molar-refractivity contribution in [2.75, 3.05) is 19.4 Å². The molecule has 1 fully saturated rings. The van der Waals surface area contributed by atoms with E-state index in [9.17, 15) is 4.79 Å². The Morgan fingerprint density at radius 3 is 2.77 bits per heavy atom. The molecule has 8 heteroatoms. The number of hydrogen-bond acceptors (Lipinski definition) is 6. The lowest BCUT2D eigenvalue weighted by molar-refractivity contribution is -0.118. The van der Waals surface area contributed by atoms with E-state index in [1.54, 1.807) is 7.11 Å². The van der Waals surface area contributed by atoms with E-state index < -0.39 is 0 Å². The summed E-state index contributed by atoms with van der Waals surface area (Å²) in [6.07, 6.45) is 6.76. The van der Waals surface area contributed by atoms with Crippen molar-refractivity contribution in [1.29, 1.82) is 0 Å². The van der Waals surface area contributed by atoms with E-state index in [1.807, 2.05) is 28.9 Å². The van der Waals surface area contributed by atoms with E-state index in [0.717, 1.165) is 30.2 Å². The molecule has 1 aromatic carbocycles. The molecule has 1 saturated carbocycles. The van der Waals surface area contributed by atoms with E-state index in [2.05, 4.69) is 20.8 Å². The number of thioether (sulfide) groups is 1. The molecule has 1 heterocycles. The molecule has 7 nitrogen and oxygen atoms in total. The second kappa shape index (κ2) is 9.56. The smallest absolute Gasteiger partial charge is 0.230 e. The van der Waals surface area contributed by atoms with Gasteiger partial charge in [-0.1, -0.05) is 43.2 Å². The number of aromatic nitrogens is 4. The van der Waals surface area contributed by atoms with E-state index in [1.165, 1.54) is 36.6 Å². The summed E-state index contributed by atoms with van der Waals surface area (Å²) in [4.78, 5) is 12.1. The zero-order valence-corrected chi connectivity index (χ0v) is 15.9. The fraction of sp³-hybridized carbons (Fsp3) is 0.556. The SMILES string of the molecule is COc1ccc(CCNC(=O)CSc2nnnn2C2CCCCC2)cc1. The number of amides is 1. The van der Waals surface area contributed by atoms with E-state index in [4.69, 9.17) is 4.74 Å². The standard InChI is InChI=1S/C18H25N5O2S/c1-25-16-9-7-14(8-10-16)11-12-19-17(24)13-26-18-20-21-22-23(18)15-5-3-2-4-6-15/h7-10,15H,2-6,11-13H2,1H3,(H,19,24). The van der Waals surface area contributed by atoms with Crippen LogP contribution in [-0.2, 0) is 11.2 Å². The first-order chi connectivity index (χ1) is 12.8. The summed E-state index contributed by atoms with van der Waals surface area (Å²) < 4.78 is 7.04. The molecule has 2 aromatic rings. The quantitative estimate of drug-likeness (QED) is 0.714. The highest BCUT2D eigenvalue weighted by Crippen LogP contribution is 2.30. The molecule has 1 amide bonds. The molecule has 0 unspecified atom stereocenters. The summed E-state index contributed by atoms with van der Waals surface area (Å²) in [6, 6.07) is 8.26. The molecule has 1 N–H and O–H groups in total. The molecular weight excluding hydrogens is 350 g/mol. The van der Waals surface area contributed by atoms with Crippen molar-refractivity contribution in [1.82, 2.24) is 25.5 Å². The van der Waals surface area contributed by atoms with Crippen LogP contribution < -0.4 is 10.1 Å². The van der Waals surface area contributed by atoms with E-state index >= 15 is 0 Å². The lowest BCUT2D eigenvalue weighted by Gasteiger charge is -2.21. The Labute approximate surface area is 157 Å². The van der Waals surface area contributed by atoms with E-state index in [-0.39, 0.29) is 5.91 Å². The normalized spacial score (nSPS) is 15.0. The molecule has 0 aliphatic heterocycles. The molecule has 1 aliphatic carbocycles. The van der Waals surface area contributed by atoms with Gasteiger partial charge in [0.2, 0.25) is 11.1 Å². The highest BCUT2D eigenvalue weighted by Gasteiger charge is 2.20. The molecule has 1 aromatic heterocycles. The van der Waals surface area contributed by atoms with Crippen LogP contribution in [-0.4, -0.2) is 45.5 Å². The largest absolute Gasteiger partial charge is 0.497 e. The van der Waals surface area contributed by atoms with Crippen LogP contribution in [0.1, 0.15) is 43.7 Å². The first kappa shape index (κ1) is 18.7. The third-order valence-corrected chi connectivity index (χ3v) is 5.54. The van der Waals surface area contributed by atoms with Crippen LogP contribution in [0.15, 0.2) is 29.4 Å². The molecule has 3 rings (SSSR count). The first-order valence-corrected chi connectivity index (χ1v) is 10.0. The van der Waals surface area contributed by atoms with Crippen LogP contribution in [0.4, 0.5) is 0 Å². The van der Waals surface area contributed by atoms with Gasteiger partial charge in [0.15, 0.2) is 0 Å². The van der Waals surface area contributed by atoms with Gasteiger partial charge in [0.1, 0.15) is 5.75 Å². The number of ether oxygens (including phenoxy) is 1. The summed E-state index contributed by atoms with van der Waals surface area (Å²) in [5.41, 5.74) is 1.17. The van der Waals surface area contributed by atoms with Gasteiger partial charge in [0.25, 0.3) is 0 Å². The van der Waals surface area contributed by atoms with Crippen molar-refractivity contribution in [3.8, 4) is 5.75 Å². The van der Waals surface area contributed by atoms with Gasteiger partial charge in [-0.15, -0.1) is 5.10 Å². The second-order valence-electron chi connectivity index (χ2n) is 6.43. The molecule has 0 atom stereocenters. The van der Waals surface area contributed by atoms with Crippen LogP contribution in [0.2, 0.25) is 0 Å². The van der Waals surface area contributed by atoms with Gasteiger partial charge in [-0.25, -0.2) is 4.68 Å². The number of carbonyl (C=O) groups is 1. The molecule has 26 heavy (non-hydrogen) atoms. The Morgan fingerprint density at radius 1 is 1.27 bits per heavy atom. The number of tetrazole rings is 1. The average molecular weight is 375 g/mol.